The van der Waals surface area contributed by atoms with E-state index in [0.29, 0.717) is 41.2 Å². The molecule has 2 N–H and O–H groups in total. The van der Waals surface area contributed by atoms with E-state index in [0.717, 1.165) is 18.4 Å². The van der Waals surface area contributed by atoms with Crippen LogP contribution < -0.4 is 10.1 Å². The molecule has 1 atom stereocenters. The van der Waals surface area contributed by atoms with Gasteiger partial charge in [0.15, 0.2) is 0 Å². The number of aryl methyl sites for hydroxylation is 1. The normalized spacial score (nSPS) is 18.2. The topological polar surface area (TPSA) is 109 Å². The molecule has 2 heterocycles. The van der Waals surface area contributed by atoms with E-state index < -0.39 is 23.3 Å². The number of nitrogens with zero attached hydrogens (tertiary/aromatic N) is 1. The molecule has 36 heavy (non-hydrogen) atoms. The predicted molar refractivity (Wildman–Crippen MR) is 132 cm³/mol. The lowest BCUT2D eigenvalue weighted by molar-refractivity contribution is -0.143. The monoisotopic (exact) mass is 488 g/mol. The summed E-state index contributed by atoms with van der Waals surface area (Å²) in [6, 6.07) is 13.7. The van der Waals surface area contributed by atoms with E-state index in [9.17, 15) is 19.5 Å². The van der Waals surface area contributed by atoms with Crippen LogP contribution >= 0.6 is 0 Å². The maximum absolute atomic E-state index is 14.1. The van der Waals surface area contributed by atoms with Gasteiger partial charge < -0.3 is 24.5 Å². The Balaban J connectivity index is 1.62. The molecule has 0 radical (unpaired) electrons. The molecule has 1 fully saturated rings. The van der Waals surface area contributed by atoms with Crippen LogP contribution in [0.3, 0.4) is 0 Å². The molecule has 8 heteroatoms. The van der Waals surface area contributed by atoms with Crippen LogP contribution in [0, 0.1) is 6.92 Å². The van der Waals surface area contributed by atoms with Crippen molar-refractivity contribution in [2.75, 3.05) is 12.4 Å². The van der Waals surface area contributed by atoms with Crippen molar-refractivity contribution in [1.82, 2.24) is 4.90 Å². The summed E-state index contributed by atoms with van der Waals surface area (Å²) < 4.78 is 10.7. The van der Waals surface area contributed by atoms with E-state index in [1.54, 1.807) is 60.5 Å². The number of carbonyl (C=O) groups is 3. The first kappa shape index (κ1) is 23.7. The standard InChI is InChI=1S/C28H28N2O6/c1-17-14-21-23(22(15-17)29-25(31)18-7-9-19(35-2)10-8-18)26(32)30(16-20-6-5-13-36-20)28(11-3-4-12-28)24(21)27(33)34/h5-10,13-15,24H,3-4,11-12,16H2,1-2H3,(H,29,31)(H,33,34). The first-order chi connectivity index (χ1) is 17.3. The molecule has 3 aromatic rings. The maximum atomic E-state index is 14.1. The summed E-state index contributed by atoms with van der Waals surface area (Å²) in [7, 11) is 1.55. The Kier molecular flexibility index (Phi) is 6.04. The number of carboxylic acid groups (broad SMARTS) is 1. The highest BCUT2D eigenvalue weighted by Crippen LogP contribution is 2.52. The van der Waals surface area contributed by atoms with Crippen molar-refractivity contribution in [3.63, 3.8) is 0 Å². The maximum Gasteiger partial charge on any atom is 0.313 e. The summed E-state index contributed by atoms with van der Waals surface area (Å²) in [4.78, 5) is 41.7. The number of carboxylic acids is 1. The second-order valence-corrected chi connectivity index (χ2v) is 9.51. The van der Waals surface area contributed by atoms with Gasteiger partial charge in [0, 0.05) is 5.56 Å². The smallest absolute Gasteiger partial charge is 0.313 e. The minimum atomic E-state index is -0.979. The molecule has 8 nitrogen and oxygen atoms in total. The number of carbonyl (C=O) groups excluding carboxylic acids is 2. The summed E-state index contributed by atoms with van der Waals surface area (Å²) in [5.74, 6) is -1.39. The van der Waals surface area contributed by atoms with Gasteiger partial charge >= 0.3 is 5.97 Å². The van der Waals surface area contributed by atoms with Gasteiger partial charge in [0.05, 0.1) is 36.7 Å². The van der Waals surface area contributed by atoms with Crippen molar-refractivity contribution in [2.24, 2.45) is 0 Å². The van der Waals surface area contributed by atoms with Crippen molar-refractivity contribution in [1.29, 1.82) is 0 Å². The molecule has 5 rings (SSSR count). The highest BCUT2D eigenvalue weighted by atomic mass is 16.5. The Morgan fingerprint density at radius 3 is 2.50 bits per heavy atom. The zero-order valence-corrected chi connectivity index (χ0v) is 20.2. The molecule has 1 unspecified atom stereocenters. The summed E-state index contributed by atoms with van der Waals surface area (Å²) >= 11 is 0. The number of hydrogen-bond acceptors (Lipinski definition) is 5. The van der Waals surface area contributed by atoms with E-state index >= 15 is 0 Å². The van der Waals surface area contributed by atoms with E-state index in [1.165, 1.54) is 6.26 Å². The average Bonchev–Trinajstić information content (AvgIpc) is 3.54. The average molecular weight is 489 g/mol. The summed E-state index contributed by atoms with van der Waals surface area (Å²) in [6.45, 7) is 2.00. The number of ether oxygens (including phenoxy) is 1. The number of anilines is 1. The molecule has 1 aliphatic heterocycles. The molecule has 0 bridgehead atoms. The highest BCUT2D eigenvalue weighted by molar-refractivity contribution is 6.11. The SMILES string of the molecule is COc1ccc(C(=O)Nc2cc(C)cc3c2C(=O)N(Cc2ccco2)C2(CCCC2)C3C(=O)O)cc1. The molecule has 2 aromatic carbocycles. The fraction of sp³-hybridized carbons (Fsp3) is 0.321. The molecule has 2 aliphatic rings. The summed E-state index contributed by atoms with van der Waals surface area (Å²) in [5.41, 5.74) is 1.29. The Hall–Kier alpha value is -4.07. The zero-order chi connectivity index (χ0) is 25.4. The number of fused-ring (bicyclic) bond motifs is 1. The molecule has 186 valence electrons. The molecule has 1 aromatic heterocycles. The number of amides is 2. The first-order valence-electron chi connectivity index (χ1n) is 12.0. The van der Waals surface area contributed by atoms with Crippen LogP contribution in [-0.4, -0.2) is 40.4 Å². The largest absolute Gasteiger partial charge is 0.497 e. The van der Waals surface area contributed by atoms with E-state index in [4.69, 9.17) is 9.15 Å². The minimum Gasteiger partial charge on any atom is -0.497 e. The first-order valence-corrected chi connectivity index (χ1v) is 12.0. The van der Waals surface area contributed by atoms with Gasteiger partial charge in [-0.2, -0.15) is 0 Å². The zero-order valence-electron chi connectivity index (χ0n) is 20.2. The number of aliphatic carboxylic acids is 1. The van der Waals surface area contributed by atoms with E-state index in [1.807, 2.05) is 6.92 Å². The van der Waals surface area contributed by atoms with Gasteiger partial charge in [-0.05, 0) is 73.4 Å². The Morgan fingerprint density at radius 1 is 1.17 bits per heavy atom. The van der Waals surface area contributed by atoms with E-state index in [-0.39, 0.29) is 18.0 Å². The van der Waals surface area contributed by atoms with Crippen LogP contribution in [0.2, 0.25) is 0 Å². The lowest BCUT2D eigenvalue weighted by Crippen LogP contribution is -2.58. The Labute approximate surface area is 208 Å². The number of hydrogen-bond donors (Lipinski definition) is 2. The second kappa shape index (κ2) is 9.18. The third-order valence-corrected chi connectivity index (χ3v) is 7.37. The van der Waals surface area contributed by atoms with Crippen molar-refractivity contribution < 1.29 is 28.6 Å². The van der Waals surface area contributed by atoms with Crippen LogP contribution in [-0.2, 0) is 11.3 Å². The van der Waals surface area contributed by atoms with Gasteiger partial charge in [-0.15, -0.1) is 0 Å². The molecular formula is C28H28N2O6. The molecule has 1 spiro atoms. The number of rotatable bonds is 6. The fourth-order valence-electron chi connectivity index (χ4n) is 5.80. The fourth-order valence-corrected chi connectivity index (χ4v) is 5.80. The third-order valence-electron chi connectivity index (χ3n) is 7.37. The van der Waals surface area contributed by atoms with Gasteiger partial charge in [0.1, 0.15) is 17.4 Å². The highest BCUT2D eigenvalue weighted by Gasteiger charge is 2.56. The summed E-state index contributed by atoms with van der Waals surface area (Å²) in [6.07, 6.45) is 4.41. The van der Waals surface area contributed by atoms with Gasteiger partial charge in [-0.3, -0.25) is 14.4 Å². The van der Waals surface area contributed by atoms with Crippen LogP contribution in [0.4, 0.5) is 5.69 Å². The molecular weight excluding hydrogens is 460 g/mol. The van der Waals surface area contributed by atoms with Gasteiger partial charge in [0.25, 0.3) is 11.8 Å². The summed E-state index contributed by atoms with van der Waals surface area (Å²) in [5, 5.41) is 13.3. The van der Waals surface area contributed by atoms with Crippen LogP contribution in [0.1, 0.15) is 69.2 Å². The Morgan fingerprint density at radius 2 is 1.89 bits per heavy atom. The number of furan rings is 1. The molecule has 1 aliphatic carbocycles. The van der Waals surface area contributed by atoms with Crippen LogP contribution in [0.15, 0.2) is 59.2 Å². The van der Waals surface area contributed by atoms with Crippen molar-refractivity contribution >= 4 is 23.5 Å². The molecule has 1 saturated carbocycles. The third kappa shape index (κ3) is 3.92. The number of benzene rings is 2. The van der Waals surface area contributed by atoms with Crippen molar-refractivity contribution in [2.45, 2.75) is 50.6 Å². The lowest BCUT2D eigenvalue weighted by atomic mass is 9.70. The van der Waals surface area contributed by atoms with Gasteiger partial charge in [-0.25, -0.2) is 0 Å². The van der Waals surface area contributed by atoms with Crippen molar-refractivity contribution in [3.05, 3.63) is 82.8 Å². The Bertz CT molecular complexity index is 1310. The molecule has 0 saturated heterocycles. The molecule has 2 amide bonds. The van der Waals surface area contributed by atoms with Crippen LogP contribution in [0.5, 0.6) is 5.75 Å². The predicted octanol–water partition coefficient (Wildman–Crippen LogP) is 4.99. The van der Waals surface area contributed by atoms with Crippen molar-refractivity contribution in [3.8, 4) is 5.75 Å². The number of methoxy groups -OCH3 is 1. The quantitative estimate of drug-likeness (QED) is 0.506. The second-order valence-electron chi connectivity index (χ2n) is 9.51. The van der Waals surface area contributed by atoms with Gasteiger partial charge in [-0.1, -0.05) is 18.9 Å². The lowest BCUT2D eigenvalue weighted by Gasteiger charge is -2.49. The van der Waals surface area contributed by atoms with E-state index in [2.05, 4.69) is 5.32 Å². The number of nitrogens with one attached hydrogen (secondary N) is 1. The minimum absolute atomic E-state index is 0.162. The van der Waals surface area contributed by atoms with Gasteiger partial charge in [0.2, 0.25) is 0 Å². The van der Waals surface area contributed by atoms with Crippen LogP contribution in [0.25, 0.3) is 0 Å².